The maximum atomic E-state index is 13.5. The minimum absolute atomic E-state index is 0.0719. The molecule has 3 heteroatoms. The summed E-state index contributed by atoms with van der Waals surface area (Å²) in [5.74, 6) is -0.162. The second kappa shape index (κ2) is 7.01. The standard InChI is InChI=1S/C16H26FNO/c1-5-16(6-2,11-19)10-18-13(4)14-8-7-12(3)15(17)9-14/h7-9,13,18-19H,5-6,10-11H2,1-4H3. The summed E-state index contributed by atoms with van der Waals surface area (Å²) in [6.07, 6.45) is 1.87. The van der Waals surface area contributed by atoms with Crippen LogP contribution in [0.25, 0.3) is 0 Å². The van der Waals surface area contributed by atoms with Gasteiger partial charge in [-0.15, -0.1) is 0 Å². The lowest BCUT2D eigenvalue weighted by atomic mass is 9.83. The average Bonchev–Trinajstić information content (AvgIpc) is 2.43. The highest BCUT2D eigenvalue weighted by Gasteiger charge is 2.25. The van der Waals surface area contributed by atoms with Crippen LogP contribution in [0.2, 0.25) is 0 Å². The SMILES string of the molecule is CCC(CC)(CO)CNC(C)c1ccc(C)c(F)c1. The molecule has 0 bridgehead atoms. The molecule has 108 valence electrons. The summed E-state index contributed by atoms with van der Waals surface area (Å²) in [5, 5.41) is 13.0. The molecule has 1 rings (SSSR count). The first-order valence-corrected chi connectivity index (χ1v) is 7.08. The maximum Gasteiger partial charge on any atom is 0.126 e. The molecule has 0 saturated heterocycles. The first-order chi connectivity index (χ1) is 8.98. The summed E-state index contributed by atoms with van der Waals surface area (Å²) in [4.78, 5) is 0. The predicted octanol–water partition coefficient (Wildman–Crippen LogP) is 3.58. The van der Waals surface area contributed by atoms with Crippen LogP contribution in [0.4, 0.5) is 4.39 Å². The highest BCUT2D eigenvalue weighted by atomic mass is 19.1. The van der Waals surface area contributed by atoms with Gasteiger partial charge in [0.05, 0.1) is 0 Å². The summed E-state index contributed by atoms with van der Waals surface area (Å²) in [5.41, 5.74) is 1.54. The quantitative estimate of drug-likeness (QED) is 0.791. The minimum atomic E-state index is -0.162. The van der Waals surface area contributed by atoms with Gasteiger partial charge in [0.25, 0.3) is 0 Å². The fourth-order valence-electron chi connectivity index (χ4n) is 2.15. The normalized spacial score (nSPS) is 13.6. The molecule has 0 radical (unpaired) electrons. The molecule has 0 aliphatic rings. The van der Waals surface area contributed by atoms with Gasteiger partial charge in [-0.3, -0.25) is 0 Å². The fraction of sp³-hybridized carbons (Fsp3) is 0.625. The number of hydrogen-bond donors (Lipinski definition) is 2. The van der Waals surface area contributed by atoms with Crippen LogP contribution in [0, 0.1) is 18.2 Å². The maximum absolute atomic E-state index is 13.5. The van der Waals surface area contributed by atoms with Crippen LogP contribution in [-0.4, -0.2) is 18.3 Å². The zero-order valence-corrected chi connectivity index (χ0v) is 12.5. The Hall–Kier alpha value is -0.930. The molecule has 0 fully saturated rings. The van der Waals surface area contributed by atoms with Crippen LogP contribution in [-0.2, 0) is 0 Å². The molecule has 2 nitrogen and oxygen atoms in total. The minimum Gasteiger partial charge on any atom is -0.396 e. The summed E-state index contributed by atoms with van der Waals surface area (Å²) >= 11 is 0. The fourth-order valence-corrected chi connectivity index (χ4v) is 2.15. The topological polar surface area (TPSA) is 32.3 Å². The van der Waals surface area contributed by atoms with E-state index in [1.165, 1.54) is 0 Å². The Kier molecular flexibility index (Phi) is 5.95. The molecule has 1 unspecified atom stereocenters. The van der Waals surface area contributed by atoms with Gasteiger partial charge in [-0.25, -0.2) is 4.39 Å². The lowest BCUT2D eigenvalue weighted by Crippen LogP contribution is -2.37. The number of nitrogens with one attached hydrogen (secondary N) is 1. The van der Waals surface area contributed by atoms with Gasteiger partial charge in [0.2, 0.25) is 0 Å². The van der Waals surface area contributed by atoms with Crippen molar-refractivity contribution >= 4 is 0 Å². The Bertz CT molecular complexity index is 393. The first-order valence-electron chi connectivity index (χ1n) is 7.08. The number of hydrogen-bond acceptors (Lipinski definition) is 2. The molecule has 1 aromatic carbocycles. The zero-order chi connectivity index (χ0) is 14.5. The Morgan fingerprint density at radius 3 is 2.42 bits per heavy atom. The molecule has 19 heavy (non-hydrogen) atoms. The largest absolute Gasteiger partial charge is 0.396 e. The van der Waals surface area contributed by atoms with Gasteiger partial charge in [0, 0.05) is 24.6 Å². The van der Waals surface area contributed by atoms with E-state index in [9.17, 15) is 9.50 Å². The van der Waals surface area contributed by atoms with Gasteiger partial charge in [-0.05, 0) is 43.9 Å². The van der Waals surface area contributed by atoms with Crippen molar-refractivity contribution in [2.45, 2.75) is 46.6 Å². The summed E-state index contributed by atoms with van der Waals surface area (Å²) in [6.45, 7) is 8.91. The highest BCUT2D eigenvalue weighted by Crippen LogP contribution is 2.26. The Balaban J connectivity index is 2.69. The summed E-state index contributed by atoms with van der Waals surface area (Å²) < 4.78 is 13.5. The smallest absolute Gasteiger partial charge is 0.126 e. The first kappa shape index (κ1) is 16.1. The average molecular weight is 267 g/mol. The molecule has 0 amide bonds. The molecule has 1 aromatic rings. The van der Waals surface area contributed by atoms with Gasteiger partial charge in [-0.1, -0.05) is 26.0 Å². The van der Waals surface area contributed by atoms with Crippen LogP contribution < -0.4 is 5.32 Å². The molecule has 0 aliphatic heterocycles. The molecule has 0 spiro atoms. The van der Waals surface area contributed by atoms with Crippen molar-refractivity contribution < 1.29 is 9.50 Å². The second-order valence-corrected chi connectivity index (χ2v) is 5.48. The van der Waals surface area contributed by atoms with E-state index in [-0.39, 0.29) is 23.9 Å². The molecular formula is C16H26FNO. The van der Waals surface area contributed by atoms with Gasteiger partial charge >= 0.3 is 0 Å². The monoisotopic (exact) mass is 267 g/mol. The zero-order valence-electron chi connectivity index (χ0n) is 12.5. The van der Waals surface area contributed by atoms with Crippen LogP contribution in [0.3, 0.4) is 0 Å². The number of aliphatic hydroxyl groups is 1. The molecular weight excluding hydrogens is 241 g/mol. The van der Waals surface area contributed by atoms with Crippen molar-refractivity contribution in [2.24, 2.45) is 5.41 Å². The van der Waals surface area contributed by atoms with Crippen LogP contribution in [0.15, 0.2) is 18.2 Å². The van der Waals surface area contributed by atoms with Crippen LogP contribution >= 0.6 is 0 Å². The van der Waals surface area contributed by atoms with E-state index in [0.717, 1.165) is 24.9 Å². The number of aryl methyl sites for hydroxylation is 1. The van der Waals surface area contributed by atoms with E-state index in [4.69, 9.17) is 0 Å². The van der Waals surface area contributed by atoms with Gasteiger partial charge in [0.15, 0.2) is 0 Å². The molecule has 2 N–H and O–H groups in total. The van der Waals surface area contributed by atoms with E-state index in [1.807, 2.05) is 19.1 Å². The van der Waals surface area contributed by atoms with Crippen molar-refractivity contribution in [1.29, 1.82) is 0 Å². The lowest BCUT2D eigenvalue weighted by Gasteiger charge is -2.31. The molecule has 1 atom stereocenters. The number of halogens is 1. The van der Waals surface area contributed by atoms with Crippen molar-refractivity contribution in [3.05, 3.63) is 35.1 Å². The van der Waals surface area contributed by atoms with Crippen LogP contribution in [0.1, 0.15) is 50.8 Å². The van der Waals surface area contributed by atoms with E-state index in [2.05, 4.69) is 19.2 Å². The van der Waals surface area contributed by atoms with Gasteiger partial charge in [0.1, 0.15) is 5.82 Å². The van der Waals surface area contributed by atoms with Crippen molar-refractivity contribution in [3.8, 4) is 0 Å². The van der Waals surface area contributed by atoms with E-state index in [0.29, 0.717) is 5.56 Å². The number of rotatable bonds is 7. The third-order valence-corrected chi connectivity index (χ3v) is 4.31. The summed E-state index contributed by atoms with van der Waals surface area (Å²) in [6, 6.07) is 5.43. The Morgan fingerprint density at radius 1 is 1.32 bits per heavy atom. The van der Waals surface area contributed by atoms with Crippen molar-refractivity contribution in [3.63, 3.8) is 0 Å². The van der Waals surface area contributed by atoms with E-state index >= 15 is 0 Å². The summed E-state index contributed by atoms with van der Waals surface area (Å²) in [7, 11) is 0. The Morgan fingerprint density at radius 2 is 1.95 bits per heavy atom. The second-order valence-electron chi connectivity index (χ2n) is 5.48. The van der Waals surface area contributed by atoms with Gasteiger partial charge in [-0.2, -0.15) is 0 Å². The molecule has 0 heterocycles. The molecule has 0 saturated carbocycles. The van der Waals surface area contributed by atoms with Crippen molar-refractivity contribution in [1.82, 2.24) is 5.32 Å². The van der Waals surface area contributed by atoms with Crippen LogP contribution in [0.5, 0.6) is 0 Å². The van der Waals surface area contributed by atoms with Gasteiger partial charge < -0.3 is 10.4 Å². The lowest BCUT2D eigenvalue weighted by molar-refractivity contribution is 0.110. The predicted molar refractivity (Wildman–Crippen MR) is 77.7 cm³/mol. The van der Waals surface area contributed by atoms with E-state index < -0.39 is 0 Å². The van der Waals surface area contributed by atoms with Crippen molar-refractivity contribution in [2.75, 3.05) is 13.2 Å². The third kappa shape index (κ3) is 4.02. The number of benzene rings is 1. The Labute approximate surface area is 116 Å². The molecule has 0 aromatic heterocycles. The highest BCUT2D eigenvalue weighted by molar-refractivity contribution is 5.25. The van der Waals surface area contributed by atoms with E-state index in [1.54, 1.807) is 13.0 Å². The molecule has 0 aliphatic carbocycles. The third-order valence-electron chi connectivity index (χ3n) is 4.31. The number of aliphatic hydroxyl groups excluding tert-OH is 1.